The molecule has 1 aliphatic heterocycles. The first-order chi connectivity index (χ1) is 13.4. The lowest BCUT2D eigenvalue weighted by molar-refractivity contribution is 0.222. The summed E-state index contributed by atoms with van der Waals surface area (Å²) in [7, 11) is -1.47. The monoisotopic (exact) mass is 402 g/mol. The number of aryl methyl sites for hydroxylation is 1. The molecule has 1 aromatic heterocycles. The Morgan fingerprint density at radius 3 is 2.32 bits per heavy atom. The molecule has 1 atom stereocenters. The van der Waals surface area contributed by atoms with Crippen molar-refractivity contribution in [1.82, 2.24) is 14.2 Å². The summed E-state index contributed by atoms with van der Waals surface area (Å²) < 4.78 is 27.1. The molecule has 152 valence electrons. The maximum atomic E-state index is 12.8. The van der Waals surface area contributed by atoms with Gasteiger partial charge in [-0.1, -0.05) is 36.8 Å². The summed E-state index contributed by atoms with van der Waals surface area (Å²) >= 11 is 0. The molecule has 0 aliphatic carbocycles. The number of pyridine rings is 1. The first-order valence-corrected chi connectivity index (χ1v) is 11.3. The Morgan fingerprint density at radius 2 is 1.75 bits per heavy atom. The number of nitrogens with one attached hydrogen (secondary N) is 1. The van der Waals surface area contributed by atoms with E-state index in [1.165, 1.54) is 17.3 Å². The first-order valence-electron chi connectivity index (χ1n) is 9.85. The molecule has 1 aliphatic rings. The zero-order chi connectivity index (χ0) is 20.1. The van der Waals surface area contributed by atoms with Gasteiger partial charge in [0, 0.05) is 38.4 Å². The molecular formula is C21H30N4O2S. The highest BCUT2D eigenvalue weighted by atomic mass is 32.2. The molecule has 3 rings (SSSR count). The molecule has 1 aromatic carbocycles. The van der Waals surface area contributed by atoms with E-state index in [-0.39, 0.29) is 10.9 Å². The molecule has 0 spiro atoms. The van der Waals surface area contributed by atoms with Crippen LogP contribution in [0.4, 0.5) is 5.82 Å². The van der Waals surface area contributed by atoms with Crippen molar-refractivity contribution in [3.63, 3.8) is 0 Å². The number of benzene rings is 1. The average Bonchev–Trinajstić information content (AvgIpc) is 2.70. The molecule has 2 heterocycles. The van der Waals surface area contributed by atoms with E-state index in [0.717, 1.165) is 25.9 Å². The summed E-state index contributed by atoms with van der Waals surface area (Å²) in [6.07, 6.45) is 3.32. The molecule has 1 saturated heterocycles. The Labute approximate surface area is 168 Å². The van der Waals surface area contributed by atoms with Crippen LogP contribution in [-0.4, -0.2) is 61.9 Å². The smallest absolute Gasteiger partial charge is 0.244 e. The zero-order valence-electron chi connectivity index (χ0n) is 16.9. The van der Waals surface area contributed by atoms with E-state index in [1.807, 2.05) is 7.05 Å². The molecular weight excluding hydrogens is 372 g/mol. The Kier molecular flexibility index (Phi) is 6.69. The molecule has 0 saturated carbocycles. The zero-order valence-corrected chi connectivity index (χ0v) is 17.7. The molecule has 6 nitrogen and oxygen atoms in total. The van der Waals surface area contributed by atoms with Crippen molar-refractivity contribution in [1.29, 1.82) is 0 Å². The molecule has 0 amide bonds. The third-order valence-corrected chi connectivity index (χ3v) is 7.17. The molecule has 1 N–H and O–H groups in total. The van der Waals surface area contributed by atoms with Gasteiger partial charge in [0.1, 0.15) is 10.7 Å². The van der Waals surface area contributed by atoms with Gasteiger partial charge in [0.15, 0.2) is 0 Å². The van der Waals surface area contributed by atoms with Gasteiger partial charge in [-0.25, -0.2) is 13.4 Å². The van der Waals surface area contributed by atoms with Crippen LogP contribution >= 0.6 is 0 Å². The first kappa shape index (κ1) is 20.8. The second-order valence-electron chi connectivity index (χ2n) is 7.53. The van der Waals surface area contributed by atoms with Crippen LogP contribution in [0.25, 0.3) is 0 Å². The maximum Gasteiger partial charge on any atom is 0.244 e. The Balaban J connectivity index is 1.65. The second kappa shape index (κ2) is 9.03. The number of likely N-dealkylation sites (N-methyl/N-ethyl adjacent to an activating group) is 1. The highest BCUT2D eigenvalue weighted by Gasteiger charge is 2.27. The van der Waals surface area contributed by atoms with Crippen molar-refractivity contribution >= 4 is 15.8 Å². The minimum Gasteiger partial charge on any atom is -0.367 e. The quantitative estimate of drug-likeness (QED) is 0.771. The fourth-order valence-electron chi connectivity index (χ4n) is 3.31. The van der Waals surface area contributed by atoms with Crippen molar-refractivity contribution < 1.29 is 8.42 Å². The van der Waals surface area contributed by atoms with Gasteiger partial charge in [-0.2, -0.15) is 4.31 Å². The highest BCUT2D eigenvalue weighted by Crippen LogP contribution is 2.19. The predicted molar refractivity (Wildman–Crippen MR) is 113 cm³/mol. The van der Waals surface area contributed by atoms with Gasteiger partial charge in [-0.3, -0.25) is 0 Å². The van der Waals surface area contributed by atoms with E-state index < -0.39 is 10.0 Å². The number of anilines is 1. The van der Waals surface area contributed by atoms with Gasteiger partial charge in [-0.15, -0.1) is 0 Å². The van der Waals surface area contributed by atoms with Gasteiger partial charge >= 0.3 is 0 Å². The van der Waals surface area contributed by atoms with E-state index in [2.05, 4.69) is 53.3 Å². The minimum atomic E-state index is -3.47. The summed E-state index contributed by atoms with van der Waals surface area (Å²) in [5, 5.41) is 3.43. The fourth-order valence-corrected chi connectivity index (χ4v) is 4.68. The van der Waals surface area contributed by atoms with E-state index >= 15 is 0 Å². The normalized spacial score (nSPS) is 17.4. The summed E-state index contributed by atoms with van der Waals surface area (Å²) in [5.74, 6) is 0.705. The van der Waals surface area contributed by atoms with Gasteiger partial charge in [0.25, 0.3) is 0 Å². The number of nitrogens with zero attached hydrogens (tertiary/aromatic N) is 3. The molecule has 0 bridgehead atoms. The lowest BCUT2D eigenvalue weighted by Crippen LogP contribution is -2.47. The predicted octanol–water partition coefficient (Wildman–Crippen LogP) is 2.76. The number of rotatable bonds is 7. The van der Waals surface area contributed by atoms with Crippen LogP contribution in [0.15, 0.2) is 47.5 Å². The number of hydrogen-bond donors (Lipinski definition) is 1. The Morgan fingerprint density at radius 1 is 1.07 bits per heavy atom. The van der Waals surface area contributed by atoms with Crippen LogP contribution in [-0.2, 0) is 16.4 Å². The van der Waals surface area contributed by atoms with Crippen LogP contribution in [0.2, 0.25) is 0 Å². The summed E-state index contributed by atoms with van der Waals surface area (Å²) in [5.41, 5.74) is 2.53. The lowest BCUT2D eigenvalue weighted by atomic mass is 10.0. The van der Waals surface area contributed by atoms with Crippen LogP contribution in [0.5, 0.6) is 0 Å². The SMILES string of the molecule is CCC(Cc1ccc(C)cc1)Nc1ccc(S(=O)(=O)N2CCN(C)CC2)cn1. The van der Waals surface area contributed by atoms with Crippen molar-refractivity contribution in [2.75, 3.05) is 38.5 Å². The summed E-state index contributed by atoms with van der Waals surface area (Å²) in [6, 6.07) is 12.2. The Bertz CT molecular complexity index is 858. The van der Waals surface area contributed by atoms with E-state index in [4.69, 9.17) is 0 Å². The average molecular weight is 403 g/mol. The maximum absolute atomic E-state index is 12.8. The third kappa shape index (κ3) is 5.10. The van der Waals surface area contributed by atoms with Gasteiger partial charge < -0.3 is 10.2 Å². The Hall–Kier alpha value is -1.96. The lowest BCUT2D eigenvalue weighted by Gasteiger charge is -2.31. The third-order valence-electron chi connectivity index (χ3n) is 5.28. The molecule has 28 heavy (non-hydrogen) atoms. The van der Waals surface area contributed by atoms with Gasteiger partial charge in [0.05, 0.1) is 0 Å². The molecule has 2 aromatic rings. The highest BCUT2D eigenvalue weighted by molar-refractivity contribution is 7.89. The molecule has 0 radical (unpaired) electrons. The van der Waals surface area contributed by atoms with Crippen LogP contribution < -0.4 is 5.32 Å². The standard InChI is InChI=1S/C21H30N4O2S/c1-4-19(15-18-7-5-17(2)6-8-18)23-21-10-9-20(16-22-21)28(26,27)25-13-11-24(3)12-14-25/h5-10,16,19H,4,11-15H2,1-3H3,(H,22,23). The number of aromatic nitrogens is 1. The van der Waals surface area contributed by atoms with Crippen molar-refractivity contribution in [3.05, 3.63) is 53.7 Å². The molecule has 1 fully saturated rings. The van der Waals surface area contributed by atoms with E-state index in [1.54, 1.807) is 16.4 Å². The topological polar surface area (TPSA) is 65.5 Å². The van der Waals surface area contributed by atoms with Crippen molar-refractivity contribution in [2.24, 2.45) is 0 Å². The van der Waals surface area contributed by atoms with Gasteiger partial charge in [-0.05, 0) is 44.5 Å². The minimum absolute atomic E-state index is 0.246. The van der Waals surface area contributed by atoms with Crippen molar-refractivity contribution in [2.45, 2.75) is 37.6 Å². The van der Waals surface area contributed by atoms with Gasteiger partial charge in [0.2, 0.25) is 10.0 Å². The van der Waals surface area contributed by atoms with Crippen LogP contribution in [0.1, 0.15) is 24.5 Å². The number of piperazine rings is 1. The van der Waals surface area contributed by atoms with Crippen LogP contribution in [0, 0.1) is 6.92 Å². The fraction of sp³-hybridized carbons (Fsp3) is 0.476. The van der Waals surface area contributed by atoms with E-state index in [9.17, 15) is 8.42 Å². The molecule has 1 unspecified atom stereocenters. The van der Waals surface area contributed by atoms with E-state index in [0.29, 0.717) is 18.9 Å². The van der Waals surface area contributed by atoms with Crippen LogP contribution in [0.3, 0.4) is 0 Å². The second-order valence-corrected chi connectivity index (χ2v) is 9.46. The number of sulfonamides is 1. The summed E-state index contributed by atoms with van der Waals surface area (Å²) in [6.45, 7) is 6.77. The molecule has 7 heteroatoms. The summed E-state index contributed by atoms with van der Waals surface area (Å²) in [4.78, 5) is 6.76. The largest absolute Gasteiger partial charge is 0.367 e. The van der Waals surface area contributed by atoms with Crippen molar-refractivity contribution in [3.8, 4) is 0 Å². The number of hydrogen-bond acceptors (Lipinski definition) is 5.